The molecule has 19 heavy (non-hydrogen) atoms. The van der Waals surface area contributed by atoms with Crippen molar-refractivity contribution in [2.75, 3.05) is 4.72 Å². The summed E-state index contributed by atoms with van der Waals surface area (Å²) in [6.07, 6.45) is 0.705. The van der Waals surface area contributed by atoms with Gasteiger partial charge in [-0.3, -0.25) is 9.82 Å². The molecular weight excluding hydrogens is 290 g/mol. The number of rotatable bonds is 5. The smallest absolute Gasteiger partial charge is 0.345 e. The summed E-state index contributed by atoms with van der Waals surface area (Å²) < 4.78 is 26.2. The van der Waals surface area contributed by atoms with Crippen LogP contribution in [0.5, 0.6) is 0 Å². The molecule has 0 aliphatic carbocycles. The van der Waals surface area contributed by atoms with Crippen molar-refractivity contribution in [2.45, 2.75) is 17.6 Å². The number of hydrogen-bond acceptors (Lipinski definition) is 5. The van der Waals surface area contributed by atoms with Gasteiger partial charge in [0.15, 0.2) is 5.82 Å². The van der Waals surface area contributed by atoms with Crippen LogP contribution in [0.3, 0.4) is 0 Å². The van der Waals surface area contributed by atoms with E-state index >= 15 is 0 Å². The molecule has 2 aromatic rings. The molecule has 0 fully saturated rings. The highest BCUT2D eigenvalue weighted by atomic mass is 32.2. The summed E-state index contributed by atoms with van der Waals surface area (Å²) >= 11 is 0.692. The summed E-state index contributed by atoms with van der Waals surface area (Å²) in [4.78, 5) is 10.7. The van der Waals surface area contributed by atoms with Gasteiger partial charge in [0, 0.05) is 11.8 Å². The number of sulfonamides is 1. The predicted octanol–water partition coefficient (Wildman–Crippen LogP) is 1.53. The minimum absolute atomic E-state index is 0.0309. The van der Waals surface area contributed by atoms with Crippen LogP contribution < -0.4 is 4.72 Å². The Labute approximate surface area is 113 Å². The zero-order valence-corrected chi connectivity index (χ0v) is 11.5. The Morgan fingerprint density at radius 2 is 2.26 bits per heavy atom. The Bertz CT molecular complexity index is 702. The van der Waals surface area contributed by atoms with E-state index in [0.717, 1.165) is 5.69 Å². The van der Waals surface area contributed by atoms with Gasteiger partial charge in [-0.2, -0.15) is 5.10 Å². The van der Waals surface area contributed by atoms with Crippen molar-refractivity contribution in [3.63, 3.8) is 0 Å². The molecule has 0 saturated heterocycles. The third kappa shape index (κ3) is 2.93. The molecule has 0 unspecified atom stereocenters. The quantitative estimate of drug-likeness (QED) is 0.775. The van der Waals surface area contributed by atoms with E-state index in [0.29, 0.717) is 17.8 Å². The van der Waals surface area contributed by atoms with Gasteiger partial charge >= 0.3 is 5.97 Å². The largest absolute Gasteiger partial charge is 0.477 e. The van der Waals surface area contributed by atoms with Crippen molar-refractivity contribution in [1.29, 1.82) is 0 Å². The third-order valence-corrected chi connectivity index (χ3v) is 5.23. The molecule has 0 aromatic carbocycles. The SMILES string of the molecule is CCc1cc(NS(=O)(=O)c2ccc(C(=O)O)s2)n[nH]1. The Morgan fingerprint density at radius 1 is 1.53 bits per heavy atom. The Balaban J connectivity index is 2.24. The van der Waals surface area contributed by atoms with E-state index in [1.807, 2.05) is 6.92 Å². The summed E-state index contributed by atoms with van der Waals surface area (Å²) in [6.45, 7) is 1.91. The van der Waals surface area contributed by atoms with Gasteiger partial charge in [-0.25, -0.2) is 13.2 Å². The number of nitrogens with zero attached hydrogens (tertiary/aromatic N) is 1. The highest BCUT2D eigenvalue weighted by Gasteiger charge is 2.20. The molecule has 3 N–H and O–H groups in total. The number of anilines is 1. The molecule has 0 atom stereocenters. The van der Waals surface area contributed by atoms with Crippen molar-refractivity contribution < 1.29 is 18.3 Å². The lowest BCUT2D eigenvalue weighted by atomic mass is 10.3. The second-order valence-electron chi connectivity index (χ2n) is 3.66. The van der Waals surface area contributed by atoms with E-state index in [1.54, 1.807) is 6.07 Å². The zero-order valence-electron chi connectivity index (χ0n) is 9.87. The number of aromatic nitrogens is 2. The number of thiophene rings is 1. The Hall–Kier alpha value is -1.87. The number of carboxylic acid groups (broad SMARTS) is 1. The fourth-order valence-electron chi connectivity index (χ4n) is 1.36. The molecule has 2 aromatic heterocycles. The van der Waals surface area contributed by atoms with Gasteiger partial charge in [0.05, 0.1) is 0 Å². The first-order valence-corrected chi connectivity index (χ1v) is 7.62. The second kappa shape index (κ2) is 5.02. The first-order valence-electron chi connectivity index (χ1n) is 5.32. The molecule has 9 heteroatoms. The molecule has 0 saturated carbocycles. The van der Waals surface area contributed by atoms with Crippen molar-refractivity contribution >= 4 is 33.1 Å². The lowest BCUT2D eigenvalue weighted by Gasteiger charge is -2.01. The normalized spacial score (nSPS) is 11.4. The fraction of sp³-hybridized carbons (Fsp3) is 0.200. The first kappa shape index (κ1) is 13.6. The molecule has 102 valence electrons. The van der Waals surface area contributed by atoms with Crippen LogP contribution in [0.25, 0.3) is 0 Å². The first-order chi connectivity index (χ1) is 8.92. The average molecular weight is 301 g/mol. The minimum Gasteiger partial charge on any atom is -0.477 e. The van der Waals surface area contributed by atoms with E-state index in [4.69, 9.17) is 5.11 Å². The number of aryl methyl sites for hydroxylation is 1. The van der Waals surface area contributed by atoms with Gasteiger partial charge in [0.1, 0.15) is 9.09 Å². The number of aromatic amines is 1. The van der Waals surface area contributed by atoms with E-state index in [9.17, 15) is 13.2 Å². The molecular formula is C10H11N3O4S2. The van der Waals surface area contributed by atoms with Gasteiger partial charge in [0.2, 0.25) is 0 Å². The Morgan fingerprint density at radius 3 is 2.79 bits per heavy atom. The molecule has 0 aliphatic rings. The van der Waals surface area contributed by atoms with E-state index in [1.165, 1.54) is 12.1 Å². The number of hydrogen-bond donors (Lipinski definition) is 3. The summed E-state index contributed by atoms with van der Waals surface area (Å²) in [5.74, 6) is -0.971. The summed E-state index contributed by atoms with van der Waals surface area (Å²) in [6, 6.07) is 4.09. The van der Waals surface area contributed by atoms with Crippen molar-refractivity contribution in [2.24, 2.45) is 0 Å². The van der Waals surface area contributed by atoms with Crippen LogP contribution in [-0.2, 0) is 16.4 Å². The lowest BCUT2D eigenvalue weighted by Crippen LogP contribution is -2.11. The molecule has 0 radical (unpaired) electrons. The lowest BCUT2D eigenvalue weighted by molar-refractivity contribution is 0.0702. The fourth-order valence-corrected chi connectivity index (χ4v) is 3.50. The van der Waals surface area contributed by atoms with Crippen LogP contribution in [-0.4, -0.2) is 29.7 Å². The predicted molar refractivity (Wildman–Crippen MR) is 70.1 cm³/mol. The molecule has 2 heterocycles. The topological polar surface area (TPSA) is 112 Å². The molecule has 0 aliphatic heterocycles. The summed E-state index contributed by atoms with van der Waals surface area (Å²) in [5, 5.41) is 15.3. The van der Waals surface area contributed by atoms with Crippen molar-refractivity contribution in [3.05, 3.63) is 28.8 Å². The molecule has 0 spiro atoms. The second-order valence-corrected chi connectivity index (χ2v) is 6.65. The summed E-state index contributed by atoms with van der Waals surface area (Å²) in [5.41, 5.74) is 0.801. The van der Waals surface area contributed by atoms with Crippen LogP contribution in [0.4, 0.5) is 5.82 Å². The van der Waals surface area contributed by atoms with Gasteiger partial charge in [-0.1, -0.05) is 6.92 Å². The van der Waals surface area contributed by atoms with Crippen LogP contribution in [0.15, 0.2) is 22.4 Å². The molecule has 0 amide bonds. The van der Waals surface area contributed by atoms with Gasteiger partial charge in [0.25, 0.3) is 10.0 Å². The van der Waals surface area contributed by atoms with Crippen LogP contribution in [0.2, 0.25) is 0 Å². The van der Waals surface area contributed by atoms with E-state index in [-0.39, 0.29) is 14.9 Å². The molecule has 0 bridgehead atoms. The Kier molecular flexibility index (Phi) is 3.58. The van der Waals surface area contributed by atoms with Crippen LogP contribution in [0.1, 0.15) is 22.3 Å². The van der Waals surface area contributed by atoms with Crippen LogP contribution in [0, 0.1) is 0 Å². The highest BCUT2D eigenvalue weighted by Crippen LogP contribution is 2.23. The standard InChI is InChI=1S/C10H11N3O4S2/c1-2-6-5-8(12-11-6)13-19(16,17)9-4-3-7(18-9)10(14)15/h3-5H,2H2,1H3,(H,14,15)(H2,11,12,13). The zero-order chi connectivity index (χ0) is 14.0. The summed E-state index contributed by atoms with van der Waals surface area (Å²) in [7, 11) is -3.80. The maximum atomic E-state index is 12.0. The van der Waals surface area contributed by atoms with Crippen molar-refractivity contribution in [3.8, 4) is 0 Å². The van der Waals surface area contributed by atoms with Gasteiger partial charge < -0.3 is 5.11 Å². The van der Waals surface area contributed by atoms with Crippen molar-refractivity contribution in [1.82, 2.24) is 10.2 Å². The number of aromatic carboxylic acids is 1. The molecule has 7 nitrogen and oxygen atoms in total. The van der Waals surface area contributed by atoms with E-state index in [2.05, 4.69) is 14.9 Å². The van der Waals surface area contributed by atoms with E-state index < -0.39 is 16.0 Å². The monoisotopic (exact) mass is 301 g/mol. The number of carbonyl (C=O) groups is 1. The van der Waals surface area contributed by atoms with Crippen LogP contribution >= 0.6 is 11.3 Å². The number of H-pyrrole nitrogens is 1. The maximum Gasteiger partial charge on any atom is 0.345 e. The maximum absolute atomic E-state index is 12.0. The molecule has 2 rings (SSSR count). The third-order valence-electron chi connectivity index (χ3n) is 2.31. The minimum atomic E-state index is -3.80. The van der Waals surface area contributed by atoms with Gasteiger partial charge in [-0.05, 0) is 18.6 Å². The highest BCUT2D eigenvalue weighted by molar-refractivity contribution is 7.94. The number of nitrogens with one attached hydrogen (secondary N) is 2. The average Bonchev–Trinajstić information content (AvgIpc) is 2.95. The number of carboxylic acids is 1. The van der Waals surface area contributed by atoms with Gasteiger partial charge in [-0.15, -0.1) is 11.3 Å².